The third kappa shape index (κ3) is 3.42. The zero-order valence-electron chi connectivity index (χ0n) is 14.8. The number of piperidine rings is 1. The van der Waals surface area contributed by atoms with Crippen LogP contribution in [0.3, 0.4) is 0 Å². The van der Waals surface area contributed by atoms with Gasteiger partial charge in [0, 0.05) is 30.4 Å². The first-order valence-corrected chi connectivity index (χ1v) is 8.55. The lowest BCUT2D eigenvalue weighted by molar-refractivity contribution is -0.138. The molecule has 158 valence electrons. The number of halogens is 6. The van der Waals surface area contributed by atoms with Gasteiger partial charge in [0.25, 0.3) is 5.92 Å². The number of likely N-dealkylation sites (tertiary alicyclic amines) is 1. The highest BCUT2D eigenvalue weighted by Gasteiger charge is 2.82. The Morgan fingerprint density at radius 2 is 1.79 bits per heavy atom. The highest BCUT2D eigenvalue weighted by atomic mass is 19.4. The summed E-state index contributed by atoms with van der Waals surface area (Å²) in [6, 6.07) is 1.64. The van der Waals surface area contributed by atoms with Crippen molar-refractivity contribution in [3.05, 3.63) is 41.2 Å². The van der Waals surface area contributed by atoms with Crippen LogP contribution in [0.1, 0.15) is 24.0 Å². The number of hydrogen-bond acceptors (Lipinski definition) is 3. The molecule has 1 amide bonds. The van der Waals surface area contributed by atoms with Crippen LogP contribution in [0.2, 0.25) is 0 Å². The number of rotatable bonds is 3. The highest BCUT2D eigenvalue weighted by Crippen LogP contribution is 2.71. The second kappa shape index (κ2) is 6.67. The van der Waals surface area contributed by atoms with Gasteiger partial charge in [0.05, 0.1) is 16.9 Å². The third-order valence-electron chi connectivity index (χ3n) is 5.60. The number of carbonyl (C=O) groups is 2. The molecule has 1 aliphatic carbocycles. The number of nitrogens with zero attached hydrogens (tertiary/aromatic N) is 1. The number of alkyl halides is 5. The Balaban J connectivity index is 1.85. The molecule has 1 aromatic carbocycles. The normalized spacial score (nSPS) is 23.2. The maximum atomic E-state index is 14.4. The molecule has 1 saturated heterocycles. The van der Waals surface area contributed by atoms with Crippen molar-refractivity contribution < 1.29 is 41.0 Å². The van der Waals surface area contributed by atoms with E-state index in [1.807, 2.05) is 0 Å². The van der Waals surface area contributed by atoms with Gasteiger partial charge in [0.1, 0.15) is 5.82 Å². The Morgan fingerprint density at radius 1 is 1.21 bits per heavy atom. The summed E-state index contributed by atoms with van der Waals surface area (Å²) in [5.41, 5.74) is 1.01. The summed E-state index contributed by atoms with van der Waals surface area (Å²) < 4.78 is 81.3. The van der Waals surface area contributed by atoms with Crippen molar-refractivity contribution in [3.8, 4) is 0 Å². The quantitative estimate of drug-likeness (QED) is 0.574. The molecule has 5 nitrogen and oxygen atoms in total. The zero-order chi connectivity index (χ0) is 21.8. The minimum absolute atomic E-state index is 0.177. The van der Waals surface area contributed by atoms with Gasteiger partial charge in [-0.1, -0.05) is 0 Å². The lowest BCUT2D eigenvalue weighted by atomic mass is 9.89. The van der Waals surface area contributed by atoms with Crippen molar-refractivity contribution in [3.63, 3.8) is 0 Å². The second-order valence-electron chi connectivity index (χ2n) is 7.17. The molecule has 0 radical (unpaired) electrons. The average Bonchev–Trinajstić information content (AvgIpc) is 3.07. The lowest BCUT2D eigenvalue weighted by Gasteiger charge is -2.30. The van der Waals surface area contributed by atoms with Gasteiger partial charge in [-0.2, -0.15) is 13.2 Å². The number of carboxylic acid groups (broad SMARTS) is 1. The van der Waals surface area contributed by atoms with E-state index in [0.29, 0.717) is 12.1 Å². The van der Waals surface area contributed by atoms with Gasteiger partial charge in [-0.15, -0.1) is 0 Å². The van der Waals surface area contributed by atoms with Crippen LogP contribution in [-0.4, -0.2) is 40.9 Å². The first-order chi connectivity index (χ1) is 13.3. The Bertz CT molecular complexity index is 888. The predicted octanol–water partition coefficient (Wildman–Crippen LogP) is 3.74. The molecule has 11 heteroatoms. The van der Waals surface area contributed by atoms with Crippen molar-refractivity contribution in [2.45, 2.75) is 24.9 Å². The van der Waals surface area contributed by atoms with Gasteiger partial charge in [-0.05, 0) is 31.0 Å². The van der Waals surface area contributed by atoms with Gasteiger partial charge < -0.3 is 15.7 Å². The number of ketones is 1. The van der Waals surface area contributed by atoms with Gasteiger partial charge in [0.15, 0.2) is 5.78 Å². The van der Waals surface area contributed by atoms with E-state index in [9.17, 15) is 35.9 Å². The molecule has 3 rings (SSSR count). The number of amides is 1. The van der Waals surface area contributed by atoms with Crippen molar-refractivity contribution >= 4 is 17.6 Å². The molecule has 3 N–H and O–H groups in total. The lowest BCUT2D eigenvalue weighted by Crippen LogP contribution is -2.40. The van der Waals surface area contributed by atoms with Gasteiger partial charge in [0.2, 0.25) is 0 Å². The highest BCUT2D eigenvalue weighted by molar-refractivity contribution is 6.01. The van der Waals surface area contributed by atoms with Crippen LogP contribution in [0, 0.1) is 17.2 Å². The fraction of sp³-hybridized carbons (Fsp3) is 0.444. The maximum Gasteiger partial charge on any atom is 0.417 e. The Morgan fingerprint density at radius 3 is 2.31 bits per heavy atom. The number of allylic oxidation sites excluding steroid dienone is 1. The topological polar surface area (TPSA) is 83.6 Å². The summed E-state index contributed by atoms with van der Waals surface area (Å²) in [6.45, 7) is -0.353. The Labute approximate surface area is 160 Å². The summed E-state index contributed by atoms with van der Waals surface area (Å²) in [5, 5.41) is 8.92. The summed E-state index contributed by atoms with van der Waals surface area (Å²) in [6.07, 6.45) is -6.21. The molecule has 1 heterocycles. The van der Waals surface area contributed by atoms with E-state index in [1.165, 1.54) is 0 Å². The summed E-state index contributed by atoms with van der Waals surface area (Å²) in [7, 11) is 0. The van der Waals surface area contributed by atoms with E-state index in [2.05, 4.69) is 0 Å². The molecular formula is C18H16F6N2O3. The molecule has 1 saturated carbocycles. The second-order valence-corrected chi connectivity index (χ2v) is 7.17. The Hall–Kier alpha value is -2.72. The molecule has 1 atom stereocenters. The molecule has 0 bridgehead atoms. The minimum atomic E-state index is -4.96. The first-order valence-electron chi connectivity index (χ1n) is 8.55. The maximum absolute atomic E-state index is 14.4. The predicted molar refractivity (Wildman–Crippen MR) is 88.3 cm³/mol. The molecular weight excluding hydrogens is 406 g/mol. The van der Waals surface area contributed by atoms with Crippen LogP contribution in [0.5, 0.6) is 0 Å². The summed E-state index contributed by atoms with van der Waals surface area (Å²) in [4.78, 5) is 24.3. The van der Waals surface area contributed by atoms with Gasteiger partial charge in [-0.25, -0.2) is 18.0 Å². The number of nitrogens with two attached hydrogens (primary N) is 1. The molecule has 2 aliphatic rings. The van der Waals surface area contributed by atoms with Crippen LogP contribution in [-0.2, 0) is 11.0 Å². The molecule has 0 aromatic heterocycles. The van der Waals surface area contributed by atoms with Crippen LogP contribution in [0.4, 0.5) is 31.1 Å². The van der Waals surface area contributed by atoms with Gasteiger partial charge >= 0.3 is 12.3 Å². The van der Waals surface area contributed by atoms with Crippen LogP contribution >= 0.6 is 0 Å². The molecule has 1 spiro atoms. The monoisotopic (exact) mass is 422 g/mol. The summed E-state index contributed by atoms with van der Waals surface area (Å²) in [5.74, 6) is -7.52. The van der Waals surface area contributed by atoms with E-state index in [0.717, 1.165) is 11.0 Å². The van der Waals surface area contributed by atoms with Crippen molar-refractivity contribution in [1.29, 1.82) is 0 Å². The zero-order valence-corrected chi connectivity index (χ0v) is 14.8. The average molecular weight is 422 g/mol. The molecule has 1 aliphatic heterocycles. The van der Waals surface area contributed by atoms with Crippen molar-refractivity contribution in [2.75, 3.05) is 13.1 Å². The van der Waals surface area contributed by atoms with Crippen LogP contribution < -0.4 is 5.73 Å². The Kier molecular flexibility index (Phi) is 4.83. The number of carbonyl (C=O) groups excluding carboxylic acids is 1. The molecule has 1 unspecified atom stereocenters. The van der Waals surface area contributed by atoms with Crippen molar-refractivity contribution in [1.82, 2.24) is 4.90 Å². The molecule has 1 aromatic rings. The standard InChI is InChI=1S/C18H16F6N2O3/c19-9-1-2-10(11(7-9)18(22,23)24)12(25)8-13(27)14-16(17(14,20)21)3-5-26(6-4-16)15(28)29/h1-2,7-8,14H,3-6,25H2,(H,28,29). The SMILES string of the molecule is NC(=CC(=O)C1C(F)(F)C12CCN(C(=O)O)CC2)c1ccc(F)cc1C(F)(F)F. The van der Waals surface area contributed by atoms with Crippen LogP contribution in [0.25, 0.3) is 5.70 Å². The third-order valence-corrected chi connectivity index (χ3v) is 5.60. The van der Waals surface area contributed by atoms with Crippen LogP contribution in [0.15, 0.2) is 24.3 Å². The fourth-order valence-corrected chi connectivity index (χ4v) is 4.00. The number of benzene rings is 1. The summed E-state index contributed by atoms with van der Waals surface area (Å²) >= 11 is 0. The van der Waals surface area contributed by atoms with E-state index >= 15 is 0 Å². The molecule has 29 heavy (non-hydrogen) atoms. The van der Waals surface area contributed by atoms with E-state index in [-0.39, 0.29) is 32.0 Å². The number of hydrogen-bond donors (Lipinski definition) is 2. The largest absolute Gasteiger partial charge is 0.465 e. The minimum Gasteiger partial charge on any atom is -0.465 e. The van der Waals surface area contributed by atoms with E-state index in [4.69, 9.17) is 10.8 Å². The smallest absolute Gasteiger partial charge is 0.417 e. The first kappa shape index (κ1) is 21.0. The van der Waals surface area contributed by atoms with E-state index in [1.54, 1.807) is 0 Å². The fourth-order valence-electron chi connectivity index (χ4n) is 4.00. The molecule has 2 fully saturated rings. The van der Waals surface area contributed by atoms with Crippen molar-refractivity contribution in [2.24, 2.45) is 17.1 Å². The van der Waals surface area contributed by atoms with E-state index < -0.39 is 57.9 Å². The van der Waals surface area contributed by atoms with Gasteiger partial charge in [-0.3, -0.25) is 4.79 Å².